The molecule has 3 rings (SSSR count). The predicted molar refractivity (Wildman–Crippen MR) is 104 cm³/mol. The highest BCUT2D eigenvalue weighted by atomic mass is 35.5. The van der Waals surface area contributed by atoms with Gasteiger partial charge < -0.3 is 10.2 Å². The van der Waals surface area contributed by atoms with Crippen molar-refractivity contribution in [2.75, 3.05) is 0 Å². The zero-order chi connectivity index (χ0) is 19.4. The first-order valence-electron chi connectivity index (χ1n) is 8.34. The fourth-order valence-corrected chi connectivity index (χ4v) is 3.13. The lowest BCUT2D eigenvalue weighted by Crippen LogP contribution is -2.11. The Bertz CT molecular complexity index is 993. The minimum Gasteiger partial charge on any atom is -0.508 e. The third kappa shape index (κ3) is 4.74. The first kappa shape index (κ1) is 18.7. The Kier molecular flexibility index (Phi) is 5.57. The van der Waals surface area contributed by atoms with E-state index in [0.29, 0.717) is 10.6 Å². The van der Waals surface area contributed by atoms with Crippen LogP contribution in [0.3, 0.4) is 0 Å². The van der Waals surface area contributed by atoms with Gasteiger partial charge in [0.1, 0.15) is 11.5 Å². The number of carbonyl (C=O) groups is 2. The number of phenolic OH excluding ortho intramolecular Hbond substituents is 1. The third-order valence-electron chi connectivity index (χ3n) is 4.21. The quantitative estimate of drug-likeness (QED) is 0.646. The lowest BCUT2D eigenvalue weighted by molar-refractivity contribution is -0.117. The number of rotatable bonds is 6. The van der Waals surface area contributed by atoms with E-state index in [-0.39, 0.29) is 29.9 Å². The van der Waals surface area contributed by atoms with Gasteiger partial charge >= 0.3 is 5.97 Å². The summed E-state index contributed by atoms with van der Waals surface area (Å²) < 4.78 is 0. The summed E-state index contributed by atoms with van der Waals surface area (Å²) in [5.41, 5.74) is 3.21. The number of hydrogen-bond acceptors (Lipinski definition) is 3. The van der Waals surface area contributed by atoms with Crippen molar-refractivity contribution in [2.45, 2.75) is 12.8 Å². The molecule has 2 N–H and O–H groups in total. The van der Waals surface area contributed by atoms with Gasteiger partial charge in [0, 0.05) is 17.9 Å². The Morgan fingerprint density at radius 3 is 2.30 bits per heavy atom. The summed E-state index contributed by atoms with van der Waals surface area (Å²) in [4.78, 5) is 23.8. The van der Waals surface area contributed by atoms with Gasteiger partial charge in [-0.1, -0.05) is 48.0 Å². The van der Waals surface area contributed by atoms with Gasteiger partial charge in [-0.3, -0.25) is 4.79 Å². The van der Waals surface area contributed by atoms with E-state index in [1.807, 2.05) is 24.3 Å². The summed E-state index contributed by atoms with van der Waals surface area (Å²) in [5, 5.41) is 19.1. The number of Topliss-reactive ketones (excluding diaryl/α,β-unsaturated/α-hetero) is 1. The minimum absolute atomic E-state index is 0.00559. The molecule has 4 nitrogen and oxygen atoms in total. The van der Waals surface area contributed by atoms with E-state index in [1.54, 1.807) is 24.3 Å². The van der Waals surface area contributed by atoms with Crippen LogP contribution in [0.25, 0.3) is 11.1 Å². The van der Waals surface area contributed by atoms with E-state index >= 15 is 0 Å². The molecule has 0 amide bonds. The molecule has 0 aliphatic heterocycles. The maximum atomic E-state index is 12.5. The maximum Gasteiger partial charge on any atom is 0.335 e. The van der Waals surface area contributed by atoms with Crippen LogP contribution < -0.4 is 0 Å². The highest BCUT2D eigenvalue weighted by Crippen LogP contribution is 2.23. The van der Waals surface area contributed by atoms with Gasteiger partial charge in [0.2, 0.25) is 0 Å². The number of phenols is 1. The number of hydrogen-bond donors (Lipinski definition) is 2. The van der Waals surface area contributed by atoms with Crippen LogP contribution >= 0.6 is 11.6 Å². The molecule has 0 heterocycles. The van der Waals surface area contributed by atoms with Gasteiger partial charge in [0.05, 0.1) is 5.56 Å². The predicted octanol–water partition coefficient (Wildman–Crippen LogP) is 4.77. The molecule has 27 heavy (non-hydrogen) atoms. The first-order chi connectivity index (χ1) is 12.9. The lowest BCUT2D eigenvalue weighted by atomic mass is 9.97. The highest BCUT2D eigenvalue weighted by molar-refractivity contribution is 6.30. The van der Waals surface area contributed by atoms with Gasteiger partial charge in [0.25, 0.3) is 0 Å². The van der Waals surface area contributed by atoms with Gasteiger partial charge in [-0.2, -0.15) is 0 Å². The van der Waals surface area contributed by atoms with Crippen LogP contribution in [-0.2, 0) is 17.6 Å². The molecule has 0 saturated heterocycles. The molecule has 0 saturated carbocycles. The average Bonchev–Trinajstić information content (AvgIpc) is 2.62. The van der Waals surface area contributed by atoms with Crippen molar-refractivity contribution < 1.29 is 19.8 Å². The summed E-state index contributed by atoms with van der Waals surface area (Å²) in [6, 6.07) is 18.8. The summed E-state index contributed by atoms with van der Waals surface area (Å²) in [6.07, 6.45) is 0.198. The van der Waals surface area contributed by atoms with Crippen molar-refractivity contribution in [3.63, 3.8) is 0 Å². The van der Waals surface area contributed by atoms with Crippen LogP contribution in [0.2, 0.25) is 5.02 Å². The molecule has 0 spiro atoms. The molecule has 0 aliphatic rings. The smallest absolute Gasteiger partial charge is 0.335 e. The molecule has 0 aliphatic carbocycles. The van der Waals surface area contributed by atoms with Gasteiger partial charge in [-0.05, 0) is 52.6 Å². The Hall–Kier alpha value is -3.11. The minimum atomic E-state index is -1.08. The molecule has 0 aromatic heterocycles. The molecular formula is C22H17ClO4. The van der Waals surface area contributed by atoms with E-state index in [2.05, 4.69) is 0 Å². The Balaban J connectivity index is 1.77. The van der Waals surface area contributed by atoms with Gasteiger partial charge in [0.15, 0.2) is 0 Å². The molecule has 5 heteroatoms. The van der Waals surface area contributed by atoms with E-state index in [9.17, 15) is 19.8 Å². The Morgan fingerprint density at radius 1 is 0.852 bits per heavy atom. The van der Waals surface area contributed by atoms with E-state index in [0.717, 1.165) is 16.7 Å². The summed E-state index contributed by atoms with van der Waals surface area (Å²) in [6.45, 7) is 0. The standard InChI is InChI=1S/C22H17ClO4/c23-18-6-9-21(22(26)27)17(12-18)13-20(25)11-14-2-1-3-16(10-14)15-4-7-19(24)8-5-15/h1-10,12,24H,11,13H2,(H,26,27). The number of carboxylic acids is 1. The first-order valence-corrected chi connectivity index (χ1v) is 8.72. The summed E-state index contributed by atoms with van der Waals surface area (Å²) in [7, 11) is 0. The number of aromatic hydroxyl groups is 1. The van der Waals surface area contributed by atoms with E-state index in [1.165, 1.54) is 18.2 Å². The third-order valence-corrected chi connectivity index (χ3v) is 4.45. The summed E-state index contributed by atoms with van der Waals surface area (Å²) >= 11 is 5.94. The molecule has 0 radical (unpaired) electrons. The molecule has 0 fully saturated rings. The maximum absolute atomic E-state index is 12.5. The van der Waals surface area contributed by atoms with Gasteiger partial charge in [-0.25, -0.2) is 4.79 Å². The molecular weight excluding hydrogens is 364 g/mol. The zero-order valence-corrected chi connectivity index (χ0v) is 15.1. The topological polar surface area (TPSA) is 74.6 Å². The van der Waals surface area contributed by atoms with Crippen LogP contribution in [0.4, 0.5) is 0 Å². The monoisotopic (exact) mass is 380 g/mol. The number of aromatic carboxylic acids is 1. The second-order valence-corrected chi connectivity index (χ2v) is 6.68. The number of carbonyl (C=O) groups excluding carboxylic acids is 1. The zero-order valence-electron chi connectivity index (χ0n) is 14.4. The molecule has 0 atom stereocenters. The van der Waals surface area contributed by atoms with Crippen LogP contribution in [0.15, 0.2) is 66.7 Å². The SMILES string of the molecule is O=C(Cc1cccc(-c2ccc(O)cc2)c1)Cc1cc(Cl)ccc1C(=O)O. The summed E-state index contributed by atoms with van der Waals surface area (Å²) in [5.74, 6) is -0.979. The Morgan fingerprint density at radius 2 is 1.59 bits per heavy atom. The van der Waals surface area contributed by atoms with E-state index in [4.69, 9.17) is 11.6 Å². The second-order valence-electron chi connectivity index (χ2n) is 6.25. The van der Waals surface area contributed by atoms with Crippen LogP contribution in [-0.4, -0.2) is 22.0 Å². The van der Waals surface area contributed by atoms with Crippen molar-refractivity contribution in [3.05, 3.63) is 88.4 Å². The van der Waals surface area contributed by atoms with E-state index < -0.39 is 5.97 Å². The van der Waals surface area contributed by atoms with Crippen molar-refractivity contribution in [2.24, 2.45) is 0 Å². The highest BCUT2D eigenvalue weighted by Gasteiger charge is 2.14. The normalized spacial score (nSPS) is 10.6. The van der Waals surface area contributed by atoms with Crippen LogP contribution in [0.5, 0.6) is 5.75 Å². The fourth-order valence-electron chi connectivity index (χ4n) is 2.93. The van der Waals surface area contributed by atoms with Crippen LogP contribution in [0.1, 0.15) is 21.5 Å². The van der Waals surface area contributed by atoms with Crippen molar-refractivity contribution in [1.29, 1.82) is 0 Å². The van der Waals surface area contributed by atoms with Crippen molar-refractivity contribution >= 4 is 23.4 Å². The molecule has 0 unspecified atom stereocenters. The lowest BCUT2D eigenvalue weighted by Gasteiger charge is -2.08. The molecule has 3 aromatic rings. The average molecular weight is 381 g/mol. The Labute approximate surface area is 161 Å². The molecule has 3 aromatic carbocycles. The van der Waals surface area contributed by atoms with Gasteiger partial charge in [-0.15, -0.1) is 0 Å². The molecule has 136 valence electrons. The largest absolute Gasteiger partial charge is 0.508 e. The molecule has 0 bridgehead atoms. The van der Waals surface area contributed by atoms with Crippen molar-refractivity contribution in [1.82, 2.24) is 0 Å². The number of carboxylic acid groups (broad SMARTS) is 1. The number of benzene rings is 3. The van der Waals surface area contributed by atoms with Crippen molar-refractivity contribution in [3.8, 4) is 16.9 Å². The second kappa shape index (κ2) is 8.06. The van der Waals surface area contributed by atoms with Crippen LogP contribution in [0, 0.1) is 0 Å². The number of halogens is 1. The number of ketones is 1. The fraction of sp³-hybridized carbons (Fsp3) is 0.0909.